The lowest BCUT2D eigenvalue weighted by atomic mass is 9.64. The Kier molecular flexibility index (Phi) is 4.64. The molecule has 0 aromatic carbocycles. The van der Waals surface area contributed by atoms with Crippen molar-refractivity contribution in [3.63, 3.8) is 0 Å². The van der Waals surface area contributed by atoms with E-state index >= 15 is 0 Å². The maximum Gasteiger partial charge on any atom is 0.00383 e. The number of hydrogen-bond acceptors (Lipinski definition) is 1. The van der Waals surface area contributed by atoms with Crippen molar-refractivity contribution in [1.29, 1.82) is 0 Å². The molecule has 1 fully saturated rings. The minimum Gasteiger partial charge on any atom is -0.317 e. The second-order valence-corrected chi connectivity index (χ2v) is 6.20. The smallest absolute Gasteiger partial charge is 0.00383 e. The normalized spacial score (nSPS) is 39.0. The molecule has 0 saturated heterocycles. The van der Waals surface area contributed by atoms with Gasteiger partial charge >= 0.3 is 0 Å². The van der Waals surface area contributed by atoms with Crippen molar-refractivity contribution in [1.82, 2.24) is 5.32 Å². The molecule has 1 heteroatoms. The topological polar surface area (TPSA) is 12.0 Å². The molecule has 0 spiro atoms. The molecule has 4 unspecified atom stereocenters. The van der Waals surface area contributed by atoms with Gasteiger partial charge < -0.3 is 5.32 Å². The van der Waals surface area contributed by atoms with Crippen molar-refractivity contribution in [2.75, 3.05) is 7.05 Å². The van der Waals surface area contributed by atoms with Crippen LogP contribution in [0.4, 0.5) is 0 Å². The summed E-state index contributed by atoms with van der Waals surface area (Å²) in [5.74, 6) is 1.87. The van der Waals surface area contributed by atoms with Crippen LogP contribution < -0.4 is 5.32 Å². The zero-order valence-corrected chi connectivity index (χ0v) is 11.3. The van der Waals surface area contributed by atoms with E-state index in [0.717, 1.165) is 11.8 Å². The van der Waals surface area contributed by atoms with Crippen LogP contribution in [0, 0.1) is 17.3 Å². The number of nitrogens with one attached hydrogen (secondary N) is 1. The molecule has 0 aliphatic heterocycles. The van der Waals surface area contributed by atoms with Crippen LogP contribution in [0.25, 0.3) is 0 Å². The van der Waals surface area contributed by atoms with Crippen molar-refractivity contribution < 1.29 is 0 Å². The summed E-state index contributed by atoms with van der Waals surface area (Å²) in [6.07, 6.45) is 7.04. The van der Waals surface area contributed by atoms with E-state index in [1.165, 1.54) is 32.1 Å². The lowest BCUT2D eigenvalue weighted by Gasteiger charge is -2.41. The molecule has 0 aromatic rings. The Morgan fingerprint density at radius 3 is 2.60 bits per heavy atom. The molecule has 0 bridgehead atoms. The second kappa shape index (κ2) is 5.34. The molecule has 1 aliphatic carbocycles. The molecular formula is C14H29N. The van der Waals surface area contributed by atoms with Crippen LogP contribution in [-0.2, 0) is 0 Å². The highest BCUT2D eigenvalue weighted by molar-refractivity contribution is 4.86. The minimum atomic E-state index is 0.621. The van der Waals surface area contributed by atoms with E-state index in [0.29, 0.717) is 11.5 Å². The fourth-order valence-electron chi connectivity index (χ4n) is 3.44. The fourth-order valence-corrected chi connectivity index (χ4v) is 3.44. The minimum absolute atomic E-state index is 0.621. The van der Waals surface area contributed by atoms with E-state index in [-0.39, 0.29) is 0 Å². The number of hydrogen-bond donors (Lipinski definition) is 1. The summed E-state index contributed by atoms with van der Waals surface area (Å²) < 4.78 is 0. The summed E-state index contributed by atoms with van der Waals surface area (Å²) in [4.78, 5) is 0. The molecule has 0 aromatic heterocycles. The first-order chi connectivity index (χ1) is 6.99. The molecule has 0 heterocycles. The first-order valence-electron chi connectivity index (χ1n) is 6.66. The van der Waals surface area contributed by atoms with E-state index in [9.17, 15) is 0 Å². The maximum atomic E-state index is 3.37. The van der Waals surface area contributed by atoms with Crippen LogP contribution in [0.5, 0.6) is 0 Å². The summed E-state index contributed by atoms with van der Waals surface area (Å²) >= 11 is 0. The van der Waals surface area contributed by atoms with Gasteiger partial charge in [-0.05, 0) is 56.9 Å². The predicted octanol–water partition coefficient (Wildman–Crippen LogP) is 3.84. The van der Waals surface area contributed by atoms with Gasteiger partial charge in [0.1, 0.15) is 0 Å². The van der Waals surface area contributed by atoms with Gasteiger partial charge in [-0.15, -0.1) is 0 Å². The summed E-state index contributed by atoms with van der Waals surface area (Å²) in [7, 11) is 2.08. The van der Waals surface area contributed by atoms with Crippen LogP contribution in [0.3, 0.4) is 0 Å². The zero-order valence-electron chi connectivity index (χ0n) is 11.3. The van der Waals surface area contributed by atoms with Crippen molar-refractivity contribution in [2.24, 2.45) is 17.3 Å². The average molecular weight is 211 g/mol. The average Bonchev–Trinajstić information content (AvgIpc) is 2.16. The SMILES string of the molecule is CCC1(C)CC(C)CC(CC(C)NC)C1. The van der Waals surface area contributed by atoms with Crippen molar-refractivity contribution in [3.05, 3.63) is 0 Å². The number of rotatable bonds is 4. The van der Waals surface area contributed by atoms with Gasteiger partial charge in [-0.25, -0.2) is 0 Å². The zero-order chi connectivity index (χ0) is 11.5. The Hall–Kier alpha value is -0.0400. The Morgan fingerprint density at radius 1 is 1.40 bits per heavy atom. The van der Waals surface area contributed by atoms with Crippen LogP contribution in [-0.4, -0.2) is 13.1 Å². The molecule has 0 radical (unpaired) electrons. The third kappa shape index (κ3) is 3.79. The molecule has 1 aliphatic rings. The van der Waals surface area contributed by atoms with Gasteiger partial charge in [0, 0.05) is 6.04 Å². The third-order valence-electron chi connectivity index (χ3n) is 4.39. The molecule has 0 amide bonds. The molecule has 15 heavy (non-hydrogen) atoms. The monoisotopic (exact) mass is 211 g/mol. The van der Waals surface area contributed by atoms with E-state index in [4.69, 9.17) is 0 Å². The molecular weight excluding hydrogens is 182 g/mol. The van der Waals surface area contributed by atoms with Gasteiger partial charge in [-0.2, -0.15) is 0 Å². The van der Waals surface area contributed by atoms with Crippen molar-refractivity contribution >= 4 is 0 Å². The molecule has 1 saturated carbocycles. The second-order valence-electron chi connectivity index (χ2n) is 6.20. The lowest BCUT2D eigenvalue weighted by Crippen LogP contribution is -2.33. The van der Waals surface area contributed by atoms with E-state index in [1.54, 1.807) is 0 Å². The Balaban J connectivity index is 2.52. The van der Waals surface area contributed by atoms with Crippen LogP contribution in [0.15, 0.2) is 0 Å². The Bertz CT molecular complexity index is 190. The van der Waals surface area contributed by atoms with Crippen LogP contribution in [0.1, 0.15) is 59.8 Å². The maximum absolute atomic E-state index is 3.37. The van der Waals surface area contributed by atoms with Gasteiger partial charge in [0.15, 0.2) is 0 Å². The van der Waals surface area contributed by atoms with Gasteiger partial charge in [-0.1, -0.05) is 27.2 Å². The molecule has 90 valence electrons. The lowest BCUT2D eigenvalue weighted by molar-refractivity contribution is 0.101. The highest BCUT2D eigenvalue weighted by atomic mass is 14.8. The van der Waals surface area contributed by atoms with Gasteiger partial charge in [0.25, 0.3) is 0 Å². The van der Waals surface area contributed by atoms with Gasteiger partial charge in [0.2, 0.25) is 0 Å². The fraction of sp³-hybridized carbons (Fsp3) is 1.00. The first-order valence-corrected chi connectivity index (χ1v) is 6.66. The summed E-state index contributed by atoms with van der Waals surface area (Å²) in [5.41, 5.74) is 0.621. The van der Waals surface area contributed by atoms with Crippen molar-refractivity contribution in [3.8, 4) is 0 Å². The van der Waals surface area contributed by atoms with Gasteiger partial charge in [-0.3, -0.25) is 0 Å². The third-order valence-corrected chi connectivity index (χ3v) is 4.39. The molecule has 1 N–H and O–H groups in total. The van der Waals surface area contributed by atoms with Crippen molar-refractivity contribution in [2.45, 2.75) is 65.8 Å². The highest BCUT2D eigenvalue weighted by Gasteiger charge is 2.34. The molecule has 1 nitrogen and oxygen atoms in total. The summed E-state index contributed by atoms with van der Waals surface area (Å²) in [6.45, 7) is 9.59. The van der Waals surface area contributed by atoms with Crippen LogP contribution in [0.2, 0.25) is 0 Å². The standard InChI is InChI=1S/C14H29N/c1-6-14(4)9-11(2)7-13(10-14)8-12(3)15-5/h11-13,15H,6-10H2,1-5H3. The summed E-state index contributed by atoms with van der Waals surface area (Å²) in [6, 6.07) is 0.682. The quantitative estimate of drug-likeness (QED) is 0.745. The molecule has 1 rings (SSSR count). The van der Waals surface area contributed by atoms with E-state index in [2.05, 4.69) is 40.1 Å². The predicted molar refractivity (Wildman–Crippen MR) is 68.0 cm³/mol. The summed E-state index contributed by atoms with van der Waals surface area (Å²) in [5, 5.41) is 3.37. The molecule has 4 atom stereocenters. The largest absolute Gasteiger partial charge is 0.317 e. The van der Waals surface area contributed by atoms with Crippen LogP contribution >= 0.6 is 0 Å². The Labute approximate surface area is 96.0 Å². The first kappa shape index (κ1) is 13.0. The van der Waals surface area contributed by atoms with E-state index < -0.39 is 0 Å². The highest BCUT2D eigenvalue weighted by Crippen LogP contribution is 2.45. The van der Waals surface area contributed by atoms with E-state index in [1.807, 2.05) is 0 Å². The van der Waals surface area contributed by atoms with Gasteiger partial charge in [0.05, 0.1) is 0 Å². The Morgan fingerprint density at radius 2 is 2.07 bits per heavy atom.